The van der Waals surface area contributed by atoms with Gasteiger partial charge in [0, 0.05) is 17.9 Å². The van der Waals surface area contributed by atoms with Crippen molar-refractivity contribution in [1.29, 1.82) is 0 Å². The van der Waals surface area contributed by atoms with Gasteiger partial charge in [-0.2, -0.15) is 0 Å². The minimum atomic E-state index is -3.40. The van der Waals surface area contributed by atoms with E-state index < -0.39 is 31.0 Å². The van der Waals surface area contributed by atoms with E-state index in [2.05, 4.69) is 15.9 Å². The first kappa shape index (κ1) is 15.6. The molecule has 0 saturated heterocycles. The molecule has 1 aromatic rings. The minimum Gasteiger partial charge on any atom is -0.229 e. The zero-order chi connectivity index (χ0) is 14.3. The third-order valence-corrected chi connectivity index (χ3v) is 7.20. The molecule has 6 heteroatoms. The SMILES string of the molecule is Cc1cc(C(Br)C(C)(C)S(C)(=O)=O)c(F)cc1F. The highest BCUT2D eigenvalue weighted by Crippen LogP contribution is 2.40. The van der Waals surface area contributed by atoms with Crippen LogP contribution in [-0.2, 0) is 9.84 Å². The monoisotopic (exact) mass is 340 g/mol. The average molecular weight is 341 g/mol. The van der Waals surface area contributed by atoms with Crippen molar-refractivity contribution in [2.24, 2.45) is 0 Å². The van der Waals surface area contributed by atoms with Crippen LogP contribution in [0.5, 0.6) is 0 Å². The van der Waals surface area contributed by atoms with Gasteiger partial charge in [-0.3, -0.25) is 0 Å². The Bertz CT molecular complexity index is 568. The summed E-state index contributed by atoms with van der Waals surface area (Å²) in [6.45, 7) is 4.51. The second kappa shape index (κ2) is 4.89. The first-order valence-corrected chi connectivity index (χ1v) is 8.08. The molecule has 1 rings (SSSR count). The Morgan fingerprint density at radius 1 is 1.22 bits per heavy atom. The molecule has 0 bridgehead atoms. The van der Waals surface area contributed by atoms with Crippen LogP contribution >= 0.6 is 15.9 Å². The molecule has 0 aliphatic heterocycles. The van der Waals surface area contributed by atoms with Crippen molar-refractivity contribution in [3.8, 4) is 0 Å². The summed E-state index contributed by atoms with van der Waals surface area (Å²) in [6.07, 6.45) is 1.09. The molecule has 0 radical (unpaired) electrons. The van der Waals surface area contributed by atoms with Crippen molar-refractivity contribution < 1.29 is 17.2 Å². The van der Waals surface area contributed by atoms with Gasteiger partial charge in [0.1, 0.15) is 11.6 Å². The molecule has 1 unspecified atom stereocenters. The molecule has 0 aliphatic carbocycles. The number of sulfone groups is 1. The fraction of sp³-hybridized carbons (Fsp3) is 0.500. The van der Waals surface area contributed by atoms with E-state index >= 15 is 0 Å². The van der Waals surface area contributed by atoms with Gasteiger partial charge in [0.2, 0.25) is 0 Å². The molecule has 0 saturated carbocycles. The van der Waals surface area contributed by atoms with Crippen LogP contribution in [0.25, 0.3) is 0 Å². The third kappa shape index (κ3) is 2.74. The molecule has 0 amide bonds. The highest BCUT2D eigenvalue weighted by molar-refractivity contribution is 9.09. The smallest absolute Gasteiger partial charge is 0.154 e. The number of rotatable bonds is 3. The van der Waals surface area contributed by atoms with Gasteiger partial charge in [-0.25, -0.2) is 17.2 Å². The second-order valence-electron chi connectivity index (χ2n) is 4.86. The molecule has 18 heavy (non-hydrogen) atoms. The van der Waals surface area contributed by atoms with Gasteiger partial charge in [0.15, 0.2) is 9.84 Å². The second-order valence-corrected chi connectivity index (χ2v) is 8.37. The summed E-state index contributed by atoms with van der Waals surface area (Å²) < 4.78 is 49.1. The lowest BCUT2D eigenvalue weighted by atomic mass is 9.99. The topological polar surface area (TPSA) is 34.1 Å². The number of halogens is 3. The predicted molar refractivity (Wildman–Crippen MR) is 71.7 cm³/mol. The normalized spacial score (nSPS) is 14.6. The van der Waals surface area contributed by atoms with Crippen LogP contribution in [0.15, 0.2) is 12.1 Å². The van der Waals surface area contributed by atoms with E-state index in [-0.39, 0.29) is 11.1 Å². The van der Waals surface area contributed by atoms with Gasteiger partial charge in [0.05, 0.1) is 9.57 Å². The van der Waals surface area contributed by atoms with E-state index in [1.54, 1.807) is 0 Å². The van der Waals surface area contributed by atoms with Gasteiger partial charge in [-0.15, -0.1) is 0 Å². The first-order chi connectivity index (χ1) is 7.98. The molecule has 0 aromatic heterocycles. The Morgan fingerprint density at radius 2 is 1.72 bits per heavy atom. The Labute approximate surface area is 114 Å². The number of alkyl halides is 1. The van der Waals surface area contributed by atoms with Crippen molar-refractivity contribution in [2.45, 2.75) is 30.3 Å². The summed E-state index contributed by atoms with van der Waals surface area (Å²) in [5.74, 6) is -1.40. The molecule has 0 N–H and O–H groups in total. The Hall–Kier alpha value is -0.490. The number of hydrogen-bond acceptors (Lipinski definition) is 2. The molecular formula is C12H15BrF2O2S. The predicted octanol–water partition coefficient (Wildman–Crippen LogP) is 3.53. The van der Waals surface area contributed by atoms with Gasteiger partial charge >= 0.3 is 0 Å². The molecule has 0 aliphatic rings. The van der Waals surface area contributed by atoms with Crippen LogP contribution in [0.2, 0.25) is 0 Å². The largest absolute Gasteiger partial charge is 0.229 e. The molecule has 102 valence electrons. The molecule has 1 atom stereocenters. The van der Waals surface area contributed by atoms with E-state index in [1.807, 2.05) is 0 Å². The summed E-state index contributed by atoms with van der Waals surface area (Å²) >= 11 is 3.21. The van der Waals surface area contributed by atoms with Crippen molar-refractivity contribution >= 4 is 25.8 Å². The number of aryl methyl sites for hydroxylation is 1. The fourth-order valence-electron chi connectivity index (χ4n) is 1.44. The molecule has 0 heterocycles. The third-order valence-electron chi connectivity index (χ3n) is 3.12. The van der Waals surface area contributed by atoms with Gasteiger partial charge in [-0.1, -0.05) is 15.9 Å². The van der Waals surface area contributed by atoms with Gasteiger partial charge in [-0.05, 0) is 32.4 Å². The van der Waals surface area contributed by atoms with Gasteiger partial charge in [0.25, 0.3) is 0 Å². The van der Waals surface area contributed by atoms with E-state index in [1.165, 1.54) is 26.8 Å². The molecule has 1 aromatic carbocycles. The average Bonchev–Trinajstić information content (AvgIpc) is 2.20. The maximum absolute atomic E-state index is 13.7. The zero-order valence-electron chi connectivity index (χ0n) is 10.6. The lowest BCUT2D eigenvalue weighted by Gasteiger charge is -2.29. The van der Waals surface area contributed by atoms with Crippen LogP contribution in [-0.4, -0.2) is 19.4 Å². The van der Waals surface area contributed by atoms with Crippen LogP contribution in [0.3, 0.4) is 0 Å². The maximum Gasteiger partial charge on any atom is 0.154 e. The van der Waals surface area contributed by atoms with Crippen LogP contribution in [0.1, 0.15) is 29.8 Å². The number of hydrogen-bond donors (Lipinski definition) is 0. The lowest BCUT2D eigenvalue weighted by molar-refractivity contribution is 0.529. The molecule has 2 nitrogen and oxygen atoms in total. The van der Waals surface area contributed by atoms with Crippen molar-refractivity contribution in [3.63, 3.8) is 0 Å². The summed E-state index contributed by atoms with van der Waals surface area (Å²) in [7, 11) is -3.40. The van der Waals surface area contributed by atoms with Crippen molar-refractivity contribution in [1.82, 2.24) is 0 Å². The van der Waals surface area contributed by atoms with E-state index in [9.17, 15) is 17.2 Å². The fourth-order valence-corrected chi connectivity index (χ4v) is 3.31. The molecule has 0 fully saturated rings. The summed E-state index contributed by atoms with van der Waals surface area (Å²) in [4.78, 5) is -0.751. The summed E-state index contributed by atoms with van der Waals surface area (Å²) in [5, 5.41) is 0. The highest BCUT2D eigenvalue weighted by Gasteiger charge is 2.39. The lowest BCUT2D eigenvalue weighted by Crippen LogP contribution is -2.35. The quantitative estimate of drug-likeness (QED) is 0.788. The van der Waals surface area contributed by atoms with Crippen LogP contribution < -0.4 is 0 Å². The number of benzene rings is 1. The van der Waals surface area contributed by atoms with Gasteiger partial charge < -0.3 is 0 Å². The first-order valence-electron chi connectivity index (χ1n) is 5.27. The molecule has 0 spiro atoms. The van der Waals surface area contributed by atoms with Crippen LogP contribution in [0.4, 0.5) is 8.78 Å². The van der Waals surface area contributed by atoms with E-state index in [4.69, 9.17) is 0 Å². The highest BCUT2D eigenvalue weighted by atomic mass is 79.9. The molecular weight excluding hydrogens is 326 g/mol. The van der Waals surface area contributed by atoms with E-state index in [0.717, 1.165) is 12.3 Å². The Morgan fingerprint density at radius 3 is 2.17 bits per heavy atom. The van der Waals surface area contributed by atoms with Crippen molar-refractivity contribution in [3.05, 3.63) is 34.9 Å². The standard InChI is InChI=1S/C12H15BrF2O2S/c1-7-5-8(10(15)6-9(7)14)11(13)12(2,3)18(4,16)17/h5-6,11H,1-4H3. The maximum atomic E-state index is 13.7. The summed E-state index contributed by atoms with van der Waals surface area (Å²) in [5.41, 5.74) is 0.421. The van der Waals surface area contributed by atoms with E-state index in [0.29, 0.717) is 0 Å². The Kier molecular flexibility index (Phi) is 4.23. The van der Waals surface area contributed by atoms with Crippen molar-refractivity contribution in [2.75, 3.05) is 6.26 Å². The minimum absolute atomic E-state index is 0.143. The zero-order valence-corrected chi connectivity index (χ0v) is 13.0. The van der Waals surface area contributed by atoms with Crippen LogP contribution in [0, 0.1) is 18.6 Å². The Balaban J connectivity index is 3.36. The summed E-state index contributed by atoms with van der Waals surface area (Å²) in [6, 6.07) is 2.11.